The molecular weight excluding hydrogens is 273 g/mol. The molecule has 1 fully saturated rings. The average Bonchev–Trinajstić information content (AvgIpc) is 2.86. The lowest BCUT2D eigenvalue weighted by Crippen LogP contribution is -2.30. The second kappa shape index (κ2) is 6.24. The van der Waals surface area contributed by atoms with Gasteiger partial charge in [-0.25, -0.2) is 4.39 Å². The molecule has 0 spiro atoms. The Morgan fingerprint density at radius 2 is 2.00 bits per heavy atom. The van der Waals surface area contributed by atoms with E-state index in [1.54, 1.807) is 6.92 Å². The summed E-state index contributed by atoms with van der Waals surface area (Å²) < 4.78 is 13.1. The highest BCUT2D eigenvalue weighted by Crippen LogP contribution is 2.39. The van der Waals surface area contributed by atoms with E-state index in [2.05, 4.69) is 5.32 Å². The number of benzene rings is 1. The molecule has 1 aromatic carbocycles. The van der Waals surface area contributed by atoms with E-state index in [4.69, 9.17) is 0 Å². The lowest BCUT2D eigenvalue weighted by atomic mass is 9.95. The van der Waals surface area contributed by atoms with E-state index >= 15 is 0 Å². The molecule has 114 valence electrons. The third-order valence-corrected chi connectivity index (χ3v) is 4.34. The van der Waals surface area contributed by atoms with Crippen molar-refractivity contribution in [1.82, 2.24) is 0 Å². The number of hydrogen-bond donors (Lipinski definition) is 2. The number of aliphatic carboxylic acids is 1. The van der Waals surface area contributed by atoms with Crippen LogP contribution in [0.25, 0.3) is 0 Å². The Morgan fingerprint density at radius 1 is 1.33 bits per heavy atom. The van der Waals surface area contributed by atoms with Gasteiger partial charge < -0.3 is 10.4 Å². The molecule has 2 rings (SSSR count). The number of carbonyl (C=O) groups is 2. The van der Waals surface area contributed by atoms with Crippen LogP contribution in [0.15, 0.2) is 18.2 Å². The minimum Gasteiger partial charge on any atom is -0.481 e. The average molecular weight is 293 g/mol. The van der Waals surface area contributed by atoms with E-state index in [-0.39, 0.29) is 17.6 Å². The van der Waals surface area contributed by atoms with Crippen LogP contribution in [0.4, 0.5) is 10.1 Å². The zero-order valence-corrected chi connectivity index (χ0v) is 12.2. The summed E-state index contributed by atoms with van der Waals surface area (Å²) in [7, 11) is 0. The first-order chi connectivity index (χ1) is 9.92. The molecular formula is C16H20FNO3. The maximum absolute atomic E-state index is 13.1. The van der Waals surface area contributed by atoms with Gasteiger partial charge in [0.05, 0.1) is 11.8 Å². The fourth-order valence-corrected chi connectivity index (χ4v) is 3.03. The van der Waals surface area contributed by atoms with Gasteiger partial charge in [0, 0.05) is 5.69 Å². The number of rotatable bonds is 4. The predicted molar refractivity (Wildman–Crippen MR) is 77.4 cm³/mol. The molecule has 1 aliphatic carbocycles. The maximum atomic E-state index is 13.1. The summed E-state index contributed by atoms with van der Waals surface area (Å²) >= 11 is 0. The number of hydrogen-bond acceptors (Lipinski definition) is 2. The lowest BCUT2D eigenvalue weighted by molar-refractivity contribution is -0.145. The summed E-state index contributed by atoms with van der Waals surface area (Å²) in [6.45, 7) is 3.71. The van der Waals surface area contributed by atoms with Gasteiger partial charge in [0.2, 0.25) is 5.91 Å². The number of amides is 1. The van der Waals surface area contributed by atoms with E-state index < -0.39 is 17.8 Å². The molecule has 3 atom stereocenters. The van der Waals surface area contributed by atoms with E-state index in [1.807, 2.05) is 6.92 Å². The Balaban J connectivity index is 2.13. The fraction of sp³-hybridized carbons (Fsp3) is 0.500. The second-order valence-electron chi connectivity index (χ2n) is 5.75. The van der Waals surface area contributed by atoms with E-state index in [1.165, 1.54) is 18.2 Å². The van der Waals surface area contributed by atoms with Crippen molar-refractivity contribution >= 4 is 17.6 Å². The number of halogens is 1. The van der Waals surface area contributed by atoms with Crippen molar-refractivity contribution in [3.05, 3.63) is 29.6 Å². The third-order valence-electron chi connectivity index (χ3n) is 4.34. The first-order valence-electron chi connectivity index (χ1n) is 7.22. The lowest BCUT2D eigenvalue weighted by Gasteiger charge is -2.16. The molecule has 0 aromatic heterocycles. The van der Waals surface area contributed by atoms with Crippen molar-refractivity contribution < 1.29 is 19.1 Å². The van der Waals surface area contributed by atoms with Crippen LogP contribution in [-0.4, -0.2) is 17.0 Å². The van der Waals surface area contributed by atoms with Crippen LogP contribution < -0.4 is 5.32 Å². The molecule has 0 heterocycles. The van der Waals surface area contributed by atoms with Gasteiger partial charge in [-0.3, -0.25) is 9.59 Å². The van der Waals surface area contributed by atoms with Gasteiger partial charge in [-0.05, 0) is 49.4 Å². The molecule has 0 saturated heterocycles. The number of carboxylic acid groups (broad SMARTS) is 1. The van der Waals surface area contributed by atoms with Crippen LogP contribution in [0.3, 0.4) is 0 Å². The Kier molecular flexibility index (Phi) is 4.60. The van der Waals surface area contributed by atoms with Crippen molar-refractivity contribution in [2.75, 3.05) is 5.32 Å². The highest BCUT2D eigenvalue weighted by Gasteiger charge is 2.42. The number of carboxylic acids is 1. The van der Waals surface area contributed by atoms with Gasteiger partial charge in [0.25, 0.3) is 0 Å². The number of anilines is 1. The summed E-state index contributed by atoms with van der Waals surface area (Å²) in [5.74, 6) is -2.43. The highest BCUT2D eigenvalue weighted by atomic mass is 19.1. The van der Waals surface area contributed by atoms with Crippen molar-refractivity contribution in [3.8, 4) is 0 Å². The first-order valence-corrected chi connectivity index (χ1v) is 7.22. The van der Waals surface area contributed by atoms with Crippen molar-refractivity contribution in [2.45, 2.75) is 33.1 Å². The van der Waals surface area contributed by atoms with Crippen molar-refractivity contribution in [1.29, 1.82) is 0 Å². The summed E-state index contributed by atoms with van der Waals surface area (Å²) in [4.78, 5) is 23.7. The van der Waals surface area contributed by atoms with Gasteiger partial charge >= 0.3 is 5.97 Å². The smallest absolute Gasteiger partial charge is 0.307 e. The van der Waals surface area contributed by atoms with Crippen molar-refractivity contribution in [2.24, 2.45) is 17.8 Å². The van der Waals surface area contributed by atoms with Crippen LogP contribution in [0.5, 0.6) is 0 Å². The Labute approximate surface area is 123 Å². The molecule has 4 nitrogen and oxygen atoms in total. The minimum absolute atomic E-state index is 0.274. The Hall–Kier alpha value is -1.91. The van der Waals surface area contributed by atoms with Gasteiger partial charge in [-0.1, -0.05) is 13.3 Å². The predicted octanol–water partition coefficient (Wildman–Crippen LogP) is 3.21. The van der Waals surface area contributed by atoms with E-state index in [0.29, 0.717) is 24.1 Å². The maximum Gasteiger partial charge on any atom is 0.307 e. The summed E-state index contributed by atoms with van der Waals surface area (Å²) in [6, 6.07) is 4.12. The third kappa shape index (κ3) is 3.40. The second-order valence-corrected chi connectivity index (χ2v) is 5.75. The molecule has 21 heavy (non-hydrogen) atoms. The van der Waals surface area contributed by atoms with Crippen LogP contribution in [-0.2, 0) is 9.59 Å². The van der Waals surface area contributed by atoms with Crippen LogP contribution in [0, 0.1) is 30.5 Å². The number of aryl methyl sites for hydroxylation is 1. The zero-order valence-electron chi connectivity index (χ0n) is 12.2. The van der Waals surface area contributed by atoms with Crippen molar-refractivity contribution in [3.63, 3.8) is 0 Å². The molecule has 3 unspecified atom stereocenters. The molecule has 1 amide bonds. The largest absolute Gasteiger partial charge is 0.481 e. The molecule has 1 saturated carbocycles. The standard InChI is InChI=1S/C16H20FNO3/c1-3-10-7-12(13(8-10)16(20)21)15(19)18-14-5-4-11(17)6-9(14)2/h4-6,10,12-13H,3,7-8H2,1-2H3,(H,18,19)(H,20,21). The SMILES string of the molecule is CCC1CC(C(=O)O)C(C(=O)Nc2ccc(F)cc2C)C1. The summed E-state index contributed by atoms with van der Waals surface area (Å²) in [5.41, 5.74) is 1.16. The molecule has 1 aromatic rings. The topological polar surface area (TPSA) is 66.4 Å². The van der Waals surface area contributed by atoms with E-state index in [0.717, 1.165) is 6.42 Å². The Bertz CT molecular complexity index is 558. The molecule has 1 aliphatic rings. The fourth-order valence-electron chi connectivity index (χ4n) is 3.03. The minimum atomic E-state index is -0.915. The van der Waals surface area contributed by atoms with E-state index in [9.17, 15) is 19.1 Å². The monoisotopic (exact) mass is 293 g/mol. The van der Waals surface area contributed by atoms with Gasteiger partial charge in [0.15, 0.2) is 0 Å². The molecule has 0 aliphatic heterocycles. The molecule has 0 bridgehead atoms. The normalized spacial score (nSPS) is 24.8. The quantitative estimate of drug-likeness (QED) is 0.895. The van der Waals surface area contributed by atoms with Gasteiger partial charge in [0.1, 0.15) is 5.82 Å². The zero-order chi connectivity index (χ0) is 15.6. The summed E-state index contributed by atoms with van der Waals surface area (Å²) in [6.07, 6.45) is 2.02. The number of nitrogens with one attached hydrogen (secondary N) is 1. The highest BCUT2D eigenvalue weighted by molar-refractivity contribution is 5.96. The van der Waals surface area contributed by atoms with Gasteiger partial charge in [-0.2, -0.15) is 0 Å². The first kappa shape index (κ1) is 15.5. The number of carbonyl (C=O) groups excluding carboxylic acids is 1. The van der Waals surface area contributed by atoms with Crippen LogP contribution >= 0.6 is 0 Å². The Morgan fingerprint density at radius 3 is 2.57 bits per heavy atom. The van der Waals surface area contributed by atoms with Crippen LogP contribution in [0.1, 0.15) is 31.7 Å². The molecule has 2 N–H and O–H groups in total. The summed E-state index contributed by atoms with van der Waals surface area (Å²) in [5, 5.41) is 12.0. The molecule has 0 radical (unpaired) electrons. The molecule has 5 heteroatoms. The van der Waals surface area contributed by atoms with Gasteiger partial charge in [-0.15, -0.1) is 0 Å². The van der Waals surface area contributed by atoms with Crippen LogP contribution in [0.2, 0.25) is 0 Å².